The number of nitrogens with zero attached hydrogens (tertiary/aromatic N) is 1. The van der Waals surface area contributed by atoms with Crippen molar-refractivity contribution in [3.63, 3.8) is 0 Å². The highest BCUT2D eigenvalue weighted by atomic mass is 16.5. The van der Waals surface area contributed by atoms with Crippen LogP contribution in [0.1, 0.15) is 0 Å². The fourth-order valence-electron chi connectivity index (χ4n) is 1.12. The first-order chi connectivity index (χ1) is 5.38. The van der Waals surface area contributed by atoms with E-state index in [1.165, 1.54) is 6.08 Å². The smallest absolute Gasteiger partial charge is 0.190 e. The van der Waals surface area contributed by atoms with Crippen molar-refractivity contribution in [2.75, 3.05) is 6.61 Å². The number of carbonyl (C=O) groups is 1. The Morgan fingerprint density at radius 1 is 1.64 bits per heavy atom. The molecule has 0 bridgehead atoms. The van der Waals surface area contributed by atoms with Crippen molar-refractivity contribution in [2.24, 2.45) is 4.99 Å². The number of hydrogen-bond acceptors (Lipinski definition) is 3. The van der Waals surface area contributed by atoms with Gasteiger partial charge in [-0.15, -0.1) is 0 Å². The number of aliphatic imine (C=N–C) groups is 1. The van der Waals surface area contributed by atoms with Gasteiger partial charge in [0.1, 0.15) is 0 Å². The molecular formula is C8H7NO2. The van der Waals surface area contributed by atoms with E-state index in [0.717, 1.165) is 0 Å². The molecule has 1 heterocycles. The average Bonchev–Trinajstić information content (AvgIpc) is 2.06. The number of hydrogen-bond donors (Lipinski definition) is 0. The van der Waals surface area contributed by atoms with Gasteiger partial charge < -0.3 is 4.74 Å². The van der Waals surface area contributed by atoms with Gasteiger partial charge in [-0.2, -0.15) is 0 Å². The summed E-state index contributed by atoms with van der Waals surface area (Å²) in [5.41, 5.74) is 0.712. The molecule has 1 aliphatic carbocycles. The Balaban J connectivity index is 2.36. The molecule has 1 aliphatic heterocycles. The van der Waals surface area contributed by atoms with E-state index in [4.69, 9.17) is 4.74 Å². The molecule has 0 saturated heterocycles. The summed E-state index contributed by atoms with van der Waals surface area (Å²) < 4.78 is 5.18. The van der Waals surface area contributed by atoms with Gasteiger partial charge in [-0.05, 0) is 12.2 Å². The van der Waals surface area contributed by atoms with Crippen LogP contribution in [-0.2, 0) is 9.53 Å². The third-order valence-corrected chi connectivity index (χ3v) is 1.63. The monoisotopic (exact) mass is 149 g/mol. The maximum atomic E-state index is 11.1. The zero-order chi connectivity index (χ0) is 7.68. The van der Waals surface area contributed by atoms with E-state index in [-0.39, 0.29) is 5.78 Å². The molecule has 0 N–H and O–H groups in total. The number of carbonyl (C=O) groups excluding carboxylic acids is 1. The van der Waals surface area contributed by atoms with Gasteiger partial charge in [0.2, 0.25) is 0 Å². The van der Waals surface area contributed by atoms with E-state index in [0.29, 0.717) is 12.3 Å². The molecule has 1 atom stereocenters. The Kier molecular flexibility index (Phi) is 1.43. The summed E-state index contributed by atoms with van der Waals surface area (Å²) in [5, 5.41) is 0. The van der Waals surface area contributed by atoms with E-state index in [1.807, 2.05) is 0 Å². The van der Waals surface area contributed by atoms with Crippen LogP contribution in [0.2, 0.25) is 0 Å². The van der Waals surface area contributed by atoms with Gasteiger partial charge in [-0.1, -0.05) is 6.08 Å². The molecule has 11 heavy (non-hydrogen) atoms. The molecule has 56 valence electrons. The summed E-state index contributed by atoms with van der Waals surface area (Å²) in [5.74, 6) is -0.0145. The van der Waals surface area contributed by atoms with E-state index in [1.54, 1.807) is 18.4 Å². The molecule has 0 aromatic heterocycles. The molecule has 2 rings (SSSR count). The minimum atomic E-state index is -0.440. The second-order valence-corrected chi connectivity index (χ2v) is 2.38. The van der Waals surface area contributed by atoms with Gasteiger partial charge in [0.15, 0.2) is 11.9 Å². The quantitative estimate of drug-likeness (QED) is 0.502. The molecule has 0 aromatic carbocycles. The van der Waals surface area contributed by atoms with Crippen LogP contribution in [0.15, 0.2) is 28.9 Å². The number of fused-ring (bicyclic) bond motifs is 1. The predicted octanol–water partition coefficient (Wildman–Crippen LogP) is 0.479. The van der Waals surface area contributed by atoms with Crippen LogP contribution in [0.5, 0.6) is 0 Å². The lowest BCUT2D eigenvalue weighted by Gasteiger charge is -2.19. The number of ketones is 1. The van der Waals surface area contributed by atoms with Crippen molar-refractivity contribution >= 4 is 12.0 Å². The summed E-state index contributed by atoms with van der Waals surface area (Å²) in [7, 11) is 0. The Hall–Kier alpha value is -1.22. The number of allylic oxidation sites excluding steroid dienone is 2. The van der Waals surface area contributed by atoms with Crippen molar-refractivity contribution in [2.45, 2.75) is 6.10 Å². The summed E-state index contributed by atoms with van der Waals surface area (Å²) in [4.78, 5) is 15.1. The zero-order valence-corrected chi connectivity index (χ0v) is 5.86. The molecule has 3 heteroatoms. The maximum Gasteiger partial charge on any atom is 0.190 e. The first-order valence-electron chi connectivity index (χ1n) is 3.44. The number of ether oxygens (including phenoxy) is 1. The molecular weight excluding hydrogens is 142 g/mol. The van der Waals surface area contributed by atoms with Crippen molar-refractivity contribution < 1.29 is 9.53 Å². The van der Waals surface area contributed by atoms with Crippen LogP contribution >= 0.6 is 0 Å². The predicted molar refractivity (Wildman–Crippen MR) is 40.5 cm³/mol. The Morgan fingerprint density at radius 2 is 2.55 bits per heavy atom. The van der Waals surface area contributed by atoms with Crippen LogP contribution in [-0.4, -0.2) is 24.7 Å². The summed E-state index contributed by atoms with van der Waals surface area (Å²) >= 11 is 0. The highest BCUT2D eigenvalue weighted by molar-refractivity contribution is 5.98. The first-order valence-corrected chi connectivity index (χ1v) is 3.44. The van der Waals surface area contributed by atoms with E-state index < -0.39 is 6.10 Å². The molecule has 1 unspecified atom stereocenters. The highest BCUT2D eigenvalue weighted by Gasteiger charge is 2.24. The average molecular weight is 149 g/mol. The lowest BCUT2D eigenvalue weighted by molar-refractivity contribution is -0.123. The summed E-state index contributed by atoms with van der Waals surface area (Å²) in [6.07, 6.45) is 6.22. The van der Waals surface area contributed by atoms with Crippen molar-refractivity contribution in [1.82, 2.24) is 0 Å². The zero-order valence-electron chi connectivity index (χ0n) is 5.86. The van der Waals surface area contributed by atoms with Gasteiger partial charge in [0, 0.05) is 6.21 Å². The fourth-order valence-corrected chi connectivity index (χ4v) is 1.12. The lowest BCUT2D eigenvalue weighted by atomic mass is 10.1. The lowest BCUT2D eigenvalue weighted by Crippen LogP contribution is -2.29. The second-order valence-electron chi connectivity index (χ2n) is 2.38. The summed E-state index contributed by atoms with van der Waals surface area (Å²) in [6.45, 7) is 0.432. The molecule has 0 spiro atoms. The molecule has 0 saturated carbocycles. The minimum absolute atomic E-state index is 0.0145. The Morgan fingerprint density at radius 3 is 3.36 bits per heavy atom. The molecule has 0 fully saturated rings. The standard InChI is InChI=1S/C8H7NO2/c10-7-3-1-2-6-8(7)11-5-4-9-6/h1-4,8H,5H2. The van der Waals surface area contributed by atoms with Crippen LogP contribution in [0, 0.1) is 0 Å². The summed E-state index contributed by atoms with van der Waals surface area (Å²) in [6, 6.07) is 0. The molecule has 2 aliphatic rings. The van der Waals surface area contributed by atoms with Gasteiger partial charge in [0.05, 0.1) is 12.3 Å². The molecule has 0 radical (unpaired) electrons. The van der Waals surface area contributed by atoms with Gasteiger partial charge in [-0.25, -0.2) is 0 Å². The van der Waals surface area contributed by atoms with Gasteiger partial charge in [-0.3, -0.25) is 9.79 Å². The number of rotatable bonds is 0. The van der Waals surface area contributed by atoms with E-state index in [2.05, 4.69) is 4.99 Å². The second kappa shape index (κ2) is 2.43. The SMILES string of the molecule is O=C1C=CC=C2N=CCOC12. The van der Waals surface area contributed by atoms with Gasteiger partial charge >= 0.3 is 0 Å². The fraction of sp³-hybridized carbons (Fsp3) is 0.250. The van der Waals surface area contributed by atoms with Crippen LogP contribution in [0.4, 0.5) is 0 Å². The van der Waals surface area contributed by atoms with E-state index in [9.17, 15) is 4.79 Å². The van der Waals surface area contributed by atoms with E-state index >= 15 is 0 Å². The van der Waals surface area contributed by atoms with Crippen molar-refractivity contribution in [3.05, 3.63) is 23.9 Å². The van der Waals surface area contributed by atoms with Crippen molar-refractivity contribution in [1.29, 1.82) is 0 Å². The van der Waals surface area contributed by atoms with Crippen LogP contribution in [0.25, 0.3) is 0 Å². The van der Waals surface area contributed by atoms with Crippen molar-refractivity contribution in [3.8, 4) is 0 Å². The third kappa shape index (κ3) is 1.03. The van der Waals surface area contributed by atoms with Crippen LogP contribution < -0.4 is 0 Å². The Labute approximate surface area is 64.1 Å². The minimum Gasteiger partial charge on any atom is -0.358 e. The maximum absolute atomic E-state index is 11.1. The normalized spacial score (nSPS) is 28.2. The topological polar surface area (TPSA) is 38.7 Å². The molecule has 3 nitrogen and oxygen atoms in total. The molecule has 0 amide bonds. The first kappa shape index (κ1) is 6.49. The molecule has 0 aromatic rings. The Bertz CT molecular complexity index is 276. The van der Waals surface area contributed by atoms with Gasteiger partial charge in [0.25, 0.3) is 0 Å². The highest BCUT2D eigenvalue weighted by Crippen LogP contribution is 2.16. The van der Waals surface area contributed by atoms with Crippen LogP contribution in [0.3, 0.4) is 0 Å². The largest absolute Gasteiger partial charge is 0.358 e. The third-order valence-electron chi connectivity index (χ3n) is 1.63.